The van der Waals surface area contributed by atoms with Gasteiger partial charge in [-0.25, -0.2) is 19.2 Å². The smallest absolute Gasteiger partial charge is 0.475 e. The average Bonchev–Trinajstić information content (AvgIpc) is 3.57. The molecule has 58 heavy (non-hydrogen) atoms. The second-order valence-corrected chi connectivity index (χ2v) is 10.7. The summed E-state index contributed by atoms with van der Waals surface area (Å²) in [7, 11) is 0. The van der Waals surface area contributed by atoms with E-state index in [0.717, 1.165) is 52.4 Å². The Morgan fingerprint density at radius 2 is 0.638 bits per heavy atom. The minimum atomic E-state index is -5.08. The summed E-state index contributed by atoms with van der Waals surface area (Å²) in [5, 5.41) is 35.3. The third-order valence-corrected chi connectivity index (χ3v) is 6.47. The van der Waals surface area contributed by atoms with Gasteiger partial charge in [0.2, 0.25) is 0 Å². The summed E-state index contributed by atoms with van der Waals surface area (Å²) in [6.45, 7) is 8.50. The quantitative estimate of drug-likeness (QED) is 0.154. The van der Waals surface area contributed by atoms with Crippen LogP contribution in [0.4, 0.5) is 52.7 Å². The van der Waals surface area contributed by atoms with Crippen LogP contribution in [0.2, 0.25) is 0 Å². The maximum atomic E-state index is 11.8. The van der Waals surface area contributed by atoms with E-state index < -0.39 is 48.6 Å². The summed E-state index contributed by atoms with van der Waals surface area (Å²) in [6.07, 6.45) is -15.1. The lowest BCUT2D eigenvalue weighted by atomic mass is 10.3. The van der Waals surface area contributed by atoms with Gasteiger partial charge in [0.25, 0.3) is 23.6 Å². The molecule has 1 fully saturated rings. The number of hydrogen-bond donors (Lipinski definition) is 6. The third-order valence-electron chi connectivity index (χ3n) is 6.47. The molecule has 1 saturated heterocycles. The molecule has 0 spiro atoms. The second kappa shape index (κ2) is 25.1. The monoisotopic (exact) mass is 874 g/mol. The lowest BCUT2D eigenvalue weighted by Gasteiger charge is -2.30. The molecule has 0 bridgehead atoms. The van der Waals surface area contributed by atoms with Crippen LogP contribution in [0.5, 0.6) is 0 Å². The minimum Gasteiger partial charge on any atom is -0.475 e. The molecule has 4 amide bonds. The number of carboxylic acids is 4. The van der Waals surface area contributed by atoms with Crippen LogP contribution in [0.15, 0.2) is 24.3 Å². The van der Waals surface area contributed by atoms with Crippen LogP contribution < -0.4 is 10.6 Å². The lowest BCUT2D eigenvalue weighted by molar-refractivity contribution is -0.193. The number of nitrogens with zero attached hydrogens (tertiary/aromatic N) is 4. The van der Waals surface area contributed by atoms with E-state index in [1.54, 1.807) is 0 Å². The Labute approximate surface area is 317 Å². The summed E-state index contributed by atoms with van der Waals surface area (Å²) in [5.41, 5.74) is 0. The largest absolute Gasteiger partial charge is 0.490 e. The SMILES string of the molecule is O=C(O)C(F)(F)F.O=C(O)C(F)(F)F.O=C(O)C(F)(F)F.O=C(O)C(F)(F)F.O=C1C=CC(=O)N1CCN1CCNCCNCCN(CCN2C(=O)C=CC2=O)CC1. The number of hydrogen-bond acceptors (Lipinski definition) is 12. The zero-order valence-electron chi connectivity index (χ0n) is 29.2. The fourth-order valence-corrected chi connectivity index (χ4v) is 3.64. The summed E-state index contributed by atoms with van der Waals surface area (Å²) < 4.78 is 127. The summed E-state index contributed by atoms with van der Waals surface area (Å²) in [5.74, 6) is -12.1. The highest BCUT2D eigenvalue weighted by Crippen LogP contribution is 2.15. The zero-order chi connectivity index (χ0) is 45.7. The molecule has 332 valence electrons. The number of halogens is 12. The molecular formula is C28H34F12N6O12. The van der Waals surface area contributed by atoms with Gasteiger partial charge in [0.15, 0.2) is 0 Å². The fourth-order valence-electron chi connectivity index (χ4n) is 3.64. The van der Waals surface area contributed by atoms with Gasteiger partial charge < -0.3 is 31.1 Å². The molecule has 18 nitrogen and oxygen atoms in total. The van der Waals surface area contributed by atoms with Crippen molar-refractivity contribution in [2.45, 2.75) is 24.7 Å². The van der Waals surface area contributed by atoms with Crippen LogP contribution in [-0.4, -0.2) is 191 Å². The Kier molecular flexibility index (Phi) is 23.7. The maximum Gasteiger partial charge on any atom is 0.490 e. The molecule has 30 heteroatoms. The lowest BCUT2D eigenvalue weighted by Crippen LogP contribution is -2.47. The first-order chi connectivity index (χ1) is 26.3. The molecule has 0 saturated carbocycles. The highest BCUT2D eigenvalue weighted by molar-refractivity contribution is 6.13. The van der Waals surface area contributed by atoms with Crippen molar-refractivity contribution in [3.05, 3.63) is 24.3 Å². The van der Waals surface area contributed by atoms with Gasteiger partial charge in [0.1, 0.15) is 0 Å². The molecule has 6 N–H and O–H groups in total. The van der Waals surface area contributed by atoms with Crippen molar-refractivity contribution in [3.8, 4) is 0 Å². The first kappa shape index (κ1) is 54.7. The average molecular weight is 875 g/mol. The predicted octanol–water partition coefficient (Wildman–Crippen LogP) is 0.166. The third kappa shape index (κ3) is 25.0. The van der Waals surface area contributed by atoms with E-state index >= 15 is 0 Å². The van der Waals surface area contributed by atoms with Crippen molar-refractivity contribution in [2.24, 2.45) is 0 Å². The summed E-state index contributed by atoms with van der Waals surface area (Å²) in [6, 6.07) is 0. The second-order valence-electron chi connectivity index (χ2n) is 10.7. The Morgan fingerprint density at radius 1 is 0.431 bits per heavy atom. The molecule has 3 rings (SSSR count). The van der Waals surface area contributed by atoms with Crippen molar-refractivity contribution >= 4 is 47.5 Å². The standard InChI is InChI=1S/C20H30N6O4.4C2HF3O2/c27-17-1-2-18(28)25(17)15-13-23-9-7-21-5-6-22-8-10-24(12-11-23)14-16-26-19(29)3-4-20(26)30;4*3-2(4,5)1(6)7/h1-4,21-22H,5-16H2;4*(H,6,7). The van der Waals surface area contributed by atoms with Crippen molar-refractivity contribution in [2.75, 3.05) is 78.5 Å². The number of nitrogens with one attached hydrogen (secondary N) is 2. The zero-order valence-corrected chi connectivity index (χ0v) is 29.2. The van der Waals surface area contributed by atoms with E-state index in [2.05, 4.69) is 20.4 Å². The van der Waals surface area contributed by atoms with Gasteiger partial charge in [-0.3, -0.25) is 38.8 Å². The van der Waals surface area contributed by atoms with E-state index in [1.807, 2.05) is 0 Å². The number of carbonyl (C=O) groups is 8. The molecule has 3 aliphatic rings. The van der Waals surface area contributed by atoms with E-state index in [4.69, 9.17) is 39.6 Å². The molecule has 0 radical (unpaired) electrons. The summed E-state index contributed by atoms with van der Waals surface area (Å²) >= 11 is 0. The van der Waals surface area contributed by atoms with Crippen molar-refractivity contribution in [1.29, 1.82) is 0 Å². The molecule has 0 aromatic rings. The van der Waals surface area contributed by atoms with Gasteiger partial charge in [-0.2, -0.15) is 52.7 Å². The maximum absolute atomic E-state index is 11.8. The number of carboxylic acid groups (broad SMARTS) is 4. The number of rotatable bonds is 6. The highest BCUT2D eigenvalue weighted by atomic mass is 19.4. The number of imide groups is 2. The van der Waals surface area contributed by atoms with E-state index in [-0.39, 0.29) is 23.6 Å². The Morgan fingerprint density at radius 3 is 0.828 bits per heavy atom. The summed E-state index contributed by atoms with van der Waals surface area (Å²) in [4.78, 5) is 89.7. The van der Waals surface area contributed by atoms with Crippen LogP contribution in [0.25, 0.3) is 0 Å². The van der Waals surface area contributed by atoms with Crippen LogP contribution in [0.1, 0.15) is 0 Å². The van der Waals surface area contributed by atoms with E-state index in [0.29, 0.717) is 26.2 Å². The number of amides is 4. The van der Waals surface area contributed by atoms with Crippen molar-refractivity contribution in [1.82, 2.24) is 30.2 Å². The van der Waals surface area contributed by atoms with Gasteiger partial charge in [-0.05, 0) is 0 Å². The van der Waals surface area contributed by atoms with Crippen LogP contribution >= 0.6 is 0 Å². The van der Waals surface area contributed by atoms with Gasteiger partial charge in [0, 0.05) is 103 Å². The predicted molar refractivity (Wildman–Crippen MR) is 165 cm³/mol. The molecule has 3 heterocycles. The van der Waals surface area contributed by atoms with Crippen LogP contribution in [0, 0.1) is 0 Å². The topological polar surface area (TPSA) is 254 Å². The first-order valence-corrected chi connectivity index (χ1v) is 15.5. The highest BCUT2D eigenvalue weighted by Gasteiger charge is 2.40. The Hall–Kier alpha value is -5.36. The van der Waals surface area contributed by atoms with Gasteiger partial charge in [-0.1, -0.05) is 0 Å². The normalized spacial score (nSPS) is 17.2. The molecule has 0 aliphatic carbocycles. The van der Waals surface area contributed by atoms with Gasteiger partial charge in [-0.15, -0.1) is 0 Å². The molecule has 0 atom stereocenters. The van der Waals surface area contributed by atoms with E-state index in [1.165, 1.54) is 34.1 Å². The van der Waals surface area contributed by atoms with Gasteiger partial charge in [0.05, 0.1) is 0 Å². The van der Waals surface area contributed by atoms with Crippen LogP contribution in [-0.2, 0) is 38.4 Å². The Balaban J connectivity index is 0. The van der Waals surface area contributed by atoms with E-state index in [9.17, 15) is 71.9 Å². The van der Waals surface area contributed by atoms with Gasteiger partial charge >= 0.3 is 48.6 Å². The van der Waals surface area contributed by atoms with Crippen LogP contribution in [0.3, 0.4) is 0 Å². The first-order valence-electron chi connectivity index (χ1n) is 15.5. The number of aliphatic carboxylic acids is 4. The minimum absolute atomic E-state index is 0.256. The van der Waals surface area contributed by atoms with Crippen molar-refractivity contribution in [3.63, 3.8) is 0 Å². The Bertz CT molecular complexity index is 1290. The molecule has 0 aromatic carbocycles. The molecule has 0 aromatic heterocycles. The number of carbonyl (C=O) groups excluding carboxylic acids is 4. The molecule has 0 unspecified atom stereocenters. The fraction of sp³-hybridized carbons (Fsp3) is 0.571. The van der Waals surface area contributed by atoms with Crippen molar-refractivity contribution < 1.29 is 111 Å². The molecular weight excluding hydrogens is 840 g/mol. The molecule has 3 aliphatic heterocycles. The number of alkyl halides is 12.